The van der Waals surface area contributed by atoms with Gasteiger partial charge in [-0.1, -0.05) is 0 Å². The molecule has 0 unspecified atom stereocenters. The van der Waals surface area contributed by atoms with E-state index in [-0.39, 0.29) is 21.2 Å². The summed E-state index contributed by atoms with van der Waals surface area (Å²) in [6.45, 7) is 0. The monoisotopic (exact) mass is 305 g/mol. The van der Waals surface area contributed by atoms with Gasteiger partial charge in [-0.2, -0.15) is 14.4 Å². The van der Waals surface area contributed by atoms with Crippen LogP contribution in [0.5, 0.6) is 0 Å². The molecular weight excluding hydrogens is 299 g/mol. The van der Waals surface area contributed by atoms with Crippen molar-refractivity contribution < 1.29 is 13.2 Å². The minimum Gasteiger partial charge on any atom is -0.362 e. The lowest BCUT2D eigenvalue weighted by Gasteiger charge is -2.14. The number of rotatable bonds is 1. The van der Waals surface area contributed by atoms with E-state index in [1.807, 2.05) is 0 Å². The van der Waals surface area contributed by atoms with Crippen molar-refractivity contribution in [2.24, 2.45) is 0 Å². The molecule has 17 heavy (non-hydrogen) atoms. The lowest BCUT2D eigenvalue weighted by molar-refractivity contribution is 0.536. The number of hydrogen-bond acceptors (Lipinski definition) is 3. The molecule has 0 aliphatic heterocycles. The second-order valence-electron chi connectivity index (χ2n) is 3.59. The van der Waals surface area contributed by atoms with Crippen LogP contribution in [0.3, 0.4) is 0 Å². The Kier molecular flexibility index (Phi) is 2.94. The van der Waals surface area contributed by atoms with Gasteiger partial charge in [0.25, 0.3) is 0 Å². The standard InChI is InChI=1S/C10H7BrF3N3/c1-17(2)9-4-3-5(12)6(11)7(13)8(4)15-10(14)16-9/h3H,1-2H3. The highest BCUT2D eigenvalue weighted by atomic mass is 79.9. The predicted molar refractivity (Wildman–Crippen MR) is 61.4 cm³/mol. The van der Waals surface area contributed by atoms with Crippen molar-refractivity contribution in [1.29, 1.82) is 0 Å². The predicted octanol–water partition coefficient (Wildman–Crippen LogP) is 2.88. The third kappa shape index (κ3) is 1.95. The SMILES string of the molecule is CN(C)c1nc(F)nc2c(F)c(Br)c(F)cc12. The Morgan fingerprint density at radius 2 is 1.82 bits per heavy atom. The Morgan fingerprint density at radius 3 is 2.41 bits per heavy atom. The van der Waals surface area contributed by atoms with E-state index in [9.17, 15) is 13.2 Å². The smallest absolute Gasteiger partial charge is 0.311 e. The van der Waals surface area contributed by atoms with Crippen LogP contribution < -0.4 is 4.90 Å². The van der Waals surface area contributed by atoms with E-state index in [0.717, 1.165) is 6.07 Å². The Hall–Kier alpha value is -1.37. The molecule has 0 fully saturated rings. The van der Waals surface area contributed by atoms with Crippen molar-refractivity contribution in [1.82, 2.24) is 9.97 Å². The van der Waals surface area contributed by atoms with Crippen LogP contribution in [0.4, 0.5) is 19.0 Å². The van der Waals surface area contributed by atoms with Crippen molar-refractivity contribution in [3.05, 3.63) is 28.3 Å². The van der Waals surface area contributed by atoms with E-state index in [1.54, 1.807) is 14.1 Å². The van der Waals surface area contributed by atoms with E-state index >= 15 is 0 Å². The lowest BCUT2D eigenvalue weighted by Crippen LogP contribution is -2.13. The van der Waals surface area contributed by atoms with E-state index in [4.69, 9.17) is 0 Å². The number of aromatic nitrogens is 2. The molecule has 7 heteroatoms. The maximum Gasteiger partial charge on any atom is 0.311 e. The summed E-state index contributed by atoms with van der Waals surface area (Å²) in [7, 11) is 3.19. The molecule has 2 aromatic rings. The molecule has 0 radical (unpaired) electrons. The molecule has 0 N–H and O–H groups in total. The number of fused-ring (bicyclic) bond motifs is 1. The summed E-state index contributed by atoms with van der Waals surface area (Å²) >= 11 is 2.74. The molecule has 0 saturated heterocycles. The second kappa shape index (κ2) is 4.14. The number of benzene rings is 1. The maximum absolute atomic E-state index is 13.7. The van der Waals surface area contributed by atoms with Crippen LogP contribution in [0, 0.1) is 17.7 Å². The number of anilines is 1. The molecule has 0 amide bonds. The molecule has 0 spiro atoms. The average molecular weight is 306 g/mol. The third-order valence-electron chi connectivity index (χ3n) is 2.20. The van der Waals surface area contributed by atoms with Crippen LogP contribution in [0.15, 0.2) is 10.5 Å². The van der Waals surface area contributed by atoms with Gasteiger partial charge in [0.15, 0.2) is 5.82 Å². The Morgan fingerprint density at radius 1 is 1.18 bits per heavy atom. The summed E-state index contributed by atoms with van der Waals surface area (Å²) in [5, 5.41) is 0.120. The Balaban J connectivity index is 2.94. The molecule has 2 rings (SSSR count). The highest BCUT2D eigenvalue weighted by molar-refractivity contribution is 9.10. The van der Waals surface area contributed by atoms with Crippen LogP contribution in [-0.2, 0) is 0 Å². The van der Waals surface area contributed by atoms with Gasteiger partial charge < -0.3 is 4.90 Å². The first-order valence-electron chi connectivity index (χ1n) is 4.60. The molecule has 3 nitrogen and oxygen atoms in total. The largest absolute Gasteiger partial charge is 0.362 e. The molecule has 90 valence electrons. The highest BCUT2D eigenvalue weighted by Gasteiger charge is 2.18. The van der Waals surface area contributed by atoms with Crippen LogP contribution in [0.2, 0.25) is 0 Å². The van der Waals surface area contributed by atoms with Crippen molar-refractivity contribution in [3.63, 3.8) is 0 Å². The number of nitrogens with zero attached hydrogens (tertiary/aromatic N) is 3. The Bertz CT molecular complexity index is 601. The summed E-state index contributed by atoms with van der Waals surface area (Å²) in [5.74, 6) is -1.60. The normalized spacial score (nSPS) is 10.9. The molecular formula is C10H7BrF3N3. The molecule has 1 aromatic carbocycles. The van der Waals surface area contributed by atoms with Crippen LogP contribution >= 0.6 is 15.9 Å². The van der Waals surface area contributed by atoms with Gasteiger partial charge in [0.2, 0.25) is 0 Å². The molecule has 0 aliphatic carbocycles. The van der Waals surface area contributed by atoms with Crippen molar-refractivity contribution in [3.8, 4) is 0 Å². The van der Waals surface area contributed by atoms with Gasteiger partial charge in [0.05, 0.1) is 4.47 Å². The summed E-state index contributed by atoms with van der Waals surface area (Å²) in [6, 6.07) is 1.07. The highest BCUT2D eigenvalue weighted by Crippen LogP contribution is 2.30. The Labute approximate surface area is 103 Å². The fraction of sp³-hybridized carbons (Fsp3) is 0.200. The quantitative estimate of drug-likeness (QED) is 0.599. The van der Waals surface area contributed by atoms with E-state index in [1.165, 1.54) is 4.90 Å². The second-order valence-corrected chi connectivity index (χ2v) is 4.39. The first kappa shape index (κ1) is 12.1. The van der Waals surface area contributed by atoms with Gasteiger partial charge in [0, 0.05) is 19.5 Å². The molecule has 0 atom stereocenters. The number of halogens is 4. The third-order valence-corrected chi connectivity index (χ3v) is 2.93. The fourth-order valence-corrected chi connectivity index (χ4v) is 1.77. The van der Waals surface area contributed by atoms with Crippen LogP contribution in [-0.4, -0.2) is 24.1 Å². The van der Waals surface area contributed by atoms with Crippen molar-refractivity contribution in [2.45, 2.75) is 0 Å². The van der Waals surface area contributed by atoms with Crippen molar-refractivity contribution in [2.75, 3.05) is 19.0 Å². The first-order chi connectivity index (χ1) is 7.91. The molecule has 1 heterocycles. The average Bonchev–Trinajstić information content (AvgIpc) is 2.26. The zero-order chi connectivity index (χ0) is 12.7. The fourth-order valence-electron chi connectivity index (χ4n) is 1.47. The van der Waals surface area contributed by atoms with E-state index in [2.05, 4.69) is 25.9 Å². The zero-order valence-electron chi connectivity index (χ0n) is 8.93. The summed E-state index contributed by atoms with van der Waals surface area (Å²) in [5.41, 5.74) is -0.255. The van der Waals surface area contributed by atoms with Gasteiger partial charge in [-0.15, -0.1) is 0 Å². The molecule has 1 aromatic heterocycles. The zero-order valence-corrected chi connectivity index (χ0v) is 10.5. The maximum atomic E-state index is 13.7. The molecule has 0 aliphatic rings. The van der Waals surface area contributed by atoms with Gasteiger partial charge in [0.1, 0.15) is 17.2 Å². The van der Waals surface area contributed by atoms with E-state index in [0.29, 0.717) is 0 Å². The van der Waals surface area contributed by atoms with Gasteiger partial charge >= 0.3 is 6.08 Å². The summed E-state index contributed by atoms with van der Waals surface area (Å²) in [4.78, 5) is 8.31. The molecule has 0 bridgehead atoms. The minimum absolute atomic E-state index is 0.120. The van der Waals surface area contributed by atoms with Gasteiger partial charge in [-0.05, 0) is 22.0 Å². The summed E-state index contributed by atoms with van der Waals surface area (Å²) < 4.78 is 39.9. The van der Waals surface area contributed by atoms with Crippen LogP contribution in [0.1, 0.15) is 0 Å². The topological polar surface area (TPSA) is 29.0 Å². The van der Waals surface area contributed by atoms with Gasteiger partial charge in [-0.25, -0.2) is 8.78 Å². The first-order valence-corrected chi connectivity index (χ1v) is 5.39. The van der Waals surface area contributed by atoms with Gasteiger partial charge in [-0.3, -0.25) is 0 Å². The van der Waals surface area contributed by atoms with Crippen molar-refractivity contribution >= 4 is 32.7 Å². The number of hydrogen-bond donors (Lipinski definition) is 0. The van der Waals surface area contributed by atoms with Crippen LogP contribution in [0.25, 0.3) is 10.9 Å². The van der Waals surface area contributed by atoms with E-state index < -0.39 is 17.7 Å². The molecule has 0 saturated carbocycles. The lowest BCUT2D eigenvalue weighted by atomic mass is 10.2. The summed E-state index contributed by atoms with van der Waals surface area (Å²) in [6.07, 6.45) is -1.06. The minimum atomic E-state index is -1.06.